The highest BCUT2D eigenvalue weighted by Gasteiger charge is 2.19. The second-order valence-electron chi connectivity index (χ2n) is 6.97. The maximum absolute atomic E-state index is 14.0. The van der Waals surface area contributed by atoms with Gasteiger partial charge in [0.2, 0.25) is 0 Å². The van der Waals surface area contributed by atoms with E-state index in [0.29, 0.717) is 27.9 Å². The summed E-state index contributed by atoms with van der Waals surface area (Å²) in [6.07, 6.45) is 7.55. The monoisotopic (exact) mass is 462 g/mol. The van der Waals surface area contributed by atoms with Gasteiger partial charge in [0.15, 0.2) is 0 Å². The normalized spacial score (nSPS) is 12.4. The number of benzene rings is 2. The molecule has 0 saturated heterocycles. The molecular weight excluding hydrogens is 443 g/mol. The van der Waals surface area contributed by atoms with Crippen LogP contribution in [-0.4, -0.2) is 36.6 Å². The summed E-state index contributed by atoms with van der Waals surface area (Å²) in [6, 6.07) is 12.2. The van der Waals surface area contributed by atoms with Crippen molar-refractivity contribution in [3.63, 3.8) is 0 Å². The molecule has 2 heterocycles. The van der Waals surface area contributed by atoms with Gasteiger partial charge in [-0.15, -0.1) is 0 Å². The molecule has 166 valence electrons. The quantitative estimate of drug-likeness (QED) is 0.422. The number of aromatic nitrogens is 3. The third kappa shape index (κ3) is 4.70. The van der Waals surface area contributed by atoms with Crippen LogP contribution in [0, 0.1) is 5.82 Å². The lowest BCUT2D eigenvalue weighted by molar-refractivity contribution is 0.570. The first kappa shape index (κ1) is 22.0. The van der Waals surface area contributed by atoms with E-state index in [1.54, 1.807) is 37.8 Å². The fourth-order valence-corrected chi connectivity index (χ4v) is 4.30. The average Bonchev–Trinajstić information content (AvgIpc) is 2.82. The lowest BCUT2D eigenvalue weighted by Gasteiger charge is -2.10. The van der Waals surface area contributed by atoms with E-state index >= 15 is 0 Å². The fraction of sp³-hybridized carbons (Fsp3) is 0.0435. The molecule has 0 atom stereocenters. The maximum atomic E-state index is 14.0. The van der Waals surface area contributed by atoms with Crippen LogP contribution in [0.4, 0.5) is 10.1 Å². The third-order valence-corrected chi connectivity index (χ3v) is 6.15. The molecule has 4 aromatic rings. The molecule has 0 spiro atoms. The smallest absolute Gasteiger partial charge is 0.264 e. The molecule has 3 N–H and O–H groups in total. The molecule has 33 heavy (non-hydrogen) atoms. The number of anilines is 1. The predicted molar refractivity (Wildman–Crippen MR) is 127 cm³/mol. The Kier molecular flexibility index (Phi) is 6.09. The van der Waals surface area contributed by atoms with Gasteiger partial charge in [0.1, 0.15) is 10.7 Å². The molecule has 0 saturated carbocycles. The summed E-state index contributed by atoms with van der Waals surface area (Å²) in [5.74, 6) is -0.836. The van der Waals surface area contributed by atoms with Gasteiger partial charge in [0.25, 0.3) is 10.0 Å². The van der Waals surface area contributed by atoms with E-state index in [9.17, 15) is 12.8 Å². The van der Waals surface area contributed by atoms with Crippen LogP contribution < -0.4 is 10.5 Å². The Hall–Kier alpha value is -4.18. The summed E-state index contributed by atoms with van der Waals surface area (Å²) in [5, 5.41) is 0. The Morgan fingerprint density at radius 2 is 1.88 bits per heavy atom. The number of pyridine rings is 1. The summed E-state index contributed by atoms with van der Waals surface area (Å²) in [5.41, 5.74) is 9.74. The molecule has 0 amide bonds. The molecule has 2 aromatic heterocycles. The van der Waals surface area contributed by atoms with Crippen molar-refractivity contribution in [1.29, 1.82) is 0 Å². The molecular formula is C23H19FN6O2S. The summed E-state index contributed by atoms with van der Waals surface area (Å²) in [7, 11) is -2.48. The highest BCUT2D eigenvalue weighted by molar-refractivity contribution is 7.92. The minimum atomic E-state index is -4.12. The number of halogens is 1. The van der Waals surface area contributed by atoms with E-state index in [1.807, 2.05) is 12.1 Å². The summed E-state index contributed by atoms with van der Waals surface area (Å²) in [4.78, 5) is 16.7. The lowest BCUT2D eigenvalue weighted by Crippen LogP contribution is -2.14. The van der Waals surface area contributed by atoms with Gasteiger partial charge in [-0.2, -0.15) is 0 Å². The summed E-state index contributed by atoms with van der Waals surface area (Å²) < 4.78 is 41.6. The van der Waals surface area contributed by atoms with Crippen LogP contribution >= 0.6 is 0 Å². The zero-order valence-corrected chi connectivity index (χ0v) is 18.3. The van der Waals surface area contributed by atoms with Gasteiger partial charge in [-0.25, -0.2) is 17.8 Å². The van der Waals surface area contributed by atoms with E-state index in [4.69, 9.17) is 5.73 Å². The lowest BCUT2D eigenvalue weighted by atomic mass is 10.1. The summed E-state index contributed by atoms with van der Waals surface area (Å²) >= 11 is 0. The van der Waals surface area contributed by atoms with E-state index in [1.165, 1.54) is 30.6 Å². The number of hydrogen-bond acceptors (Lipinski definition) is 7. The molecule has 0 aliphatic heterocycles. The first-order valence-electron chi connectivity index (χ1n) is 9.75. The SMILES string of the molecule is CN=C/C(=C\N)c1cnc2ccc(-c3cncc(NS(=O)(=O)c4ccccc4F)c3)cc2n1. The van der Waals surface area contributed by atoms with Crippen molar-refractivity contribution in [1.82, 2.24) is 15.0 Å². The highest BCUT2D eigenvalue weighted by Crippen LogP contribution is 2.26. The number of hydrogen-bond donors (Lipinski definition) is 2. The molecule has 0 fully saturated rings. The van der Waals surface area contributed by atoms with Crippen molar-refractivity contribution in [3.05, 3.63) is 84.8 Å². The topological polar surface area (TPSA) is 123 Å². The van der Waals surface area contributed by atoms with Crippen molar-refractivity contribution < 1.29 is 12.8 Å². The van der Waals surface area contributed by atoms with Crippen LogP contribution in [0.1, 0.15) is 5.69 Å². The van der Waals surface area contributed by atoms with Crippen molar-refractivity contribution in [2.75, 3.05) is 11.8 Å². The maximum Gasteiger partial charge on any atom is 0.264 e. The molecule has 0 bridgehead atoms. The molecule has 10 heteroatoms. The number of nitrogens with one attached hydrogen (secondary N) is 1. The number of allylic oxidation sites excluding steroid dienone is 1. The number of nitrogens with zero attached hydrogens (tertiary/aromatic N) is 4. The number of rotatable bonds is 6. The zero-order valence-electron chi connectivity index (χ0n) is 17.5. The molecule has 0 aliphatic carbocycles. The Bertz CT molecular complexity index is 1500. The molecule has 0 aliphatic rings. The largest absolute Gasteiger partial charge is 0.404 e. The number of fused-ring (bicyclic) bond motifs is 1. The van der Waals surface area contributed by atoms with Gasteiger partial charge in [-0.05, 0) is 35.9 Å². The van der Waals surface area contributed by atoms with Gasteiger partial charge < -0.3 is 5.73 Å². The van der Waals surface area contributed by atoms with Crippen LogP contribution in [-0.2, 0) is 10.0 Å². The van der Waals surface area contributed by atoms with Gasteiger partial charge in [0, 0.05) is 36.8 Å². The van der Waals surface area contributed by atoms with Gasteiger partial charge >= 0.3 is 0 Å². The van der Waals surface area contributed by atoms with E-state index in [0.717, 1.165) is 11.6 Å². The zero-order chi connectivity index (χ0) is 23.4. The standard InChI is InChI=1S/C23H19FN6O2S/c1-26-11-17(10-25)22-14-28-20-7-6-15(9-21(20)29-22)16-8-18(13-27-12-16)30-33(31,32)23-5-3-2-4-19(23)24/h2-14,30H,25H2,1H3/b17-10+,26-11?. The third-order valence-electron chi connectivity index (χ3n) is 4.74. The summed E-state index contributed by atoms with van der Waals surface area (Å²) in [6.45, 7) is 0. The first-order chi connectivity index (χ1) is 15.9. The second kappa shape index (κ2) is 9.13. The number of nitrogens with two attached hydrogens (primary N) is 1. The van der Waals surface area contributed by atoms with Crippen LogP contribution in [0.15, 0.2) is 83.2 Å². The van der Waals surface area contributed by atoms with Gasteiger partial charge in [0.05, 0.1) is 34.8 Å². The highest BCUT2D eigenvalue weighted by atomic mass is 32.2. The molecule has 0 unspecified atom stereocenters. The fourth-order valence-electron chi connectivity index (χ4n) is 3.19. The van der Waals surface area contributed by atoms with E-state index < -0.39 is 20.7 Å². The first-order valence-corrected chi connectivity index (χ1v) is 11.2. The number of aliphatic imine (C=N–C) groups is 1. The van der Waals surface area contributed by atoms with Crippen LogP contribution in [0.25, 0.3) is 27.7 Å². The minimum absolute atomic E-state index is 0.197. The van der Waals surface area contributed by atoms with E-state index in [2.05, 4.69) is 24.7 Å². The van der Waals surface area contributed by atoms with Gasteiger partial charge in [-0.1, -0.05) is 18.2 Å². The van der Waals surface area contributed by atoms with Gasteiger partial charge in [-0.3, -0.25) is 19.7 Å². The predicted octanol–water partition coefficient (Wildman–Crippen LogP) is 3.63. The molecule has 4 rings (SSSR count). The van der Waals surface area contributed by atoms with Crippen molar-refractivity contribution in [2.24, 2.45) is 10.7 Å². The average molecular weight is 463 g/mol. The van der Waals surface area contributed by atoms with Crippen molar-refractivity contribution in [3.8, 4) is 11.1 Å². The number of sulfonamides is 1. The molecule has 2 aromatic carbocycles. The Morgan fingerprint density at radius 3 is 2.64 bits per heavy atom. The van der Waals surface area contributed by atoms with E-state index in [-0.39, 0.29) is 5.69 Å². The van der Waals surface area contributed by atoms with Crippen LogP contribution in [0.2, 0.25) is 0 Å². The Morgan fingerprint density at radius 1 is 1.06 bits per heavy atom. The van der Waals surface area contributed by atoms with Crippen molar-refractivity contribution in [2.45, 2.75) is 4.90 Å². The molecule has 8 nitrogen and oxygen atoms in total. The van der Waals surface area contributed by atoms with Crippen molar-refractivity contribution >= 4 is 38.5 Å². The minimum Gasteiger partial charge on any atom is -0.404 e. The van der Waals surface area contributed by atoms with Crippen LogP contribution in [0.3, 0.4) is 0 Å². The second-order valence-corrected chi connectivity index (χ2v) is 8.62. The van der Waals surface area contributed by atoms with Crippen LogP contribution in [0.5, 0.6) is 0 Å². The molecule has 0 radical (unpaired) electrons. The Balaban J connectivity index is 1.69. The Labute approximate surface area is 189 Å².